The number of allylic oxidation sites excluding steroid dienone is 4. The number of nitriles is 1. The summed E-state index contributed by atoms with van der Waals surface area (Å²) in [5, 5.41) is 18.3. The van der Waals surface area contributed by atoms with Crippen LogP contribution in [-0.2, 0) is 16.6 Å². The fourth-order valence-electron chi connectivity index (χ4n) is 5.01. The summed E-state index contributed by atoms with van der Waals surface area (Å²) in [5.74, 6) is -1.15. The molecule has 0 atom stereocenters. The molecule has 2 aliphatic rings. The summed E-state index contributed by atoms with van der Waals surface area (Å²) in [6, 6.07) is 17.5. The normalized spacial score (nSPS) is 18.2. The second kappa shape index (κ2) is 10.4. The van der Waals surface area contributed by atoms with Crippen molar-refractivity contribution < 1.29 is 9.90 Å². The fourth-order valence-corrected chi connectivity index (χ4v) is 5.01. The average Bonchev–Trinajstić information content (AvgIpc) is 3.31. The lowest BCUT2D eigenvalue weighted by atomic mass is 9.77. The van der Waals surface area contributed by atoms with Gasteiger partial charge in [0.2, 0.25) is 0 Å². The number of hydrogen-bond donors (Lipinski definition) is 1. The lowest BCUT2D eigenvalue weighted by Crippen LogP contribution is -2.34. The Labute approximate surface area is 208 Å². The van der Waals surface area contributed by atoms with Crippen molar-refractivity contribution in [3.63, 3.8) is 0 Å². The second-order valence-corrected chi connectivity index (χ2v) is 10.2. The molecule has 4 rings (SSSR count). The van der Waals surface area contributed by atoms with Gasteiger partial charge in [-0.25, -0.2) is 4.79 Å². The topological polar surface area (TPSA) is 64.3 Å². The first kappa shape index (κ1) is 24.5. The number of carboxylic acids is 1. The van der Waals surface area contributed by atoms with Crippen LogP contribution in [0, 0.1) is 11.3 Å². The monoisotopic (exact) mass is 466 g/mol. The van der Waals surface area contributed by atoms with Crippen molar-refractivity contribution in [2.45, 2.75) is 64.7 Å². The first-order chi connectivity index (χ1) is 16.8. The third-order valence-corrected chi connectivity index (χ3v) is 7.25. The zero-order valence-electron chi connectivity index (χ0n) is 21.0. The van der Waals surface area contributed by atoms with Gasteiger partial charge in [-0.05, 0) is 89.6 Å². The first-order valence-electron chi connectivity index (χ1n) is 12.6. The SMILES string of the molecule is CCCCc1ccc(N2CCC(C)(C)c3cc(C=CC4=CC(=C(C#N)C(=O)O)CC4)ccc32)cc1. The maximum absolute atomic E-state index is 11.3. The molecule has 0 saturated carbocycles. The van der Waals surface area contributed by atoms with Crippen molar-refractivity contribution in [1.82, 2.24) is 0 Å². The standard InChI is InChI=1S/C31H34N2O2/c1-4-5-6-22-10-14-26(15-11-22)33-18-17-31(2,3)28-20-24(12-16-29(28)33)8-7-23-9-13-25(19-23)27(21-32)30(34)35/h7-8,10-12,14-16,19-20H,4-6,9,13,17-18H2,1-3H3,(H,34,35). The highest BCUT2D eigenvalue weighted by Crippen LogP contribution is 2.43. The fraction of sp³-hybridized carbons (Fsp3) is 0.355. The molecule has 180 valence electrons. The largest absolute Gasteiger partial charge is 0.477 e. The molecule has 4 heteroatoms. The number of aryl methyl sites for hydroxylation is 1. The molecule has 0 saturated heterocycles. The van der Waals surface area contributed by atoms with Crippen LogP contribution in [0.15, 0.2) is 71.3 Å². The molecule has 1 N–H and O–H groups in total. The smallest absolute Gasteiger partial charge is 0.346 e. The van der Waals surface area contributed by atoms with Crippen LogP contribution in [0.5, 0.6) is 0 Å². The van der Waals surface area contributed by atoms with Gasteiger partial charge in [0.1, 0.15) is 11.6 Å². The summed E-state index contributed by atoms with van der Waals surface area (Å²) in [7, 11) is 0. The number of carbonyl (C=O) groups is 1. The van der Waals surface area contributed by atoms with Crippen molar-refractivity contribution >= 4 is 23.4 Å². The average molecular weight is 467 g/mol. The number of hydrogen-bond acceptors (Lipinski definition) is 3. The summed E-state index contributed by atoms with van der Waals surface area (Å²) < 4.78 is 0. The number of nitrogens with zero attached hydrogens (tertiary/aromatic N) is 2. The number of unbranched alkanes of at least 4 members (excludes halogenated alkanes) is 1. The van der Waals surface area contributed by atoms with Gasteiger partial charge >= 0.3 is 5.97 Å². The highest BCUT2D eigenvalue weighted by molar-refractivity contribution is 5.93. The maximum atomic E-state index is 11.3. The first-order valence-corrected chi connectivity index (χ1v) is 12.6. The van der Waals surface area contributed by atoms with Crippen molar-refractivity contribution in [2.75, 3.05) is 11.4 Å². The molecule has 0 aromatic heterocycles. The van der Waals surface area contributed by atoms with Crippen LogP contribution >= 0.6 is 0 Å². The number of aliphatic carboxylic acids is 1. The minimum Gasteiger partial charge on any atom is -0.477 e. The molecule has 1 aliphatic carbocycles. The Morgan fingerprint density at radius 3 is 2.60 bits per heavy atom. The Morgan fingerprint density at radius 1 is 1.14 bits per heavy atom. The number of rotatable bonds is 7. The van der Waals surface area contributed by atoms with Gasteiger partial charge in [0.05, 0.1) is 0 Å². The van der Waals surface area contributed by atoms with Crippen LogP contribution in [0.1, 0.15) is 69.6 Å². The van der Waals surface area contributed by atoms with Crippen LogP contribution in [0.4, 0.5) is 11.4 Å². The van der Waals surface area contributed by atoms with Crippen molar-refractivity contribution in [3.8, 4) is 6.07 Å². The molecular formula is C31H34N2O2. The van der Waals surface area contributed by atoms with Crippen LogP contribution < -0.4 is 4.90 Å². The molecule has 2 aromatic rings. The van der Waals surface area contributed by atoms with E-state index in [1.807, 2.05) is 18.2 Å². The minimum atomic E-state index is -1.15. The van der Waals surface area contributed by atoms with Crippen LogP contribution in [0.2, 0.25) is 0 Å². The summed E-state index contributed by atoms with van der Waals surface area (Å²) >= 11 is 0. The van der Waals surface area contributed by atoms with E-state index < -0.39 is 5.97 Å². The highest BCUT2D eigenvalue weighted by atomic mass is 16.4. The summed E-state index contributed by atoms with van der Waals surface area (Å²) in [6.07, 6.45) is 12.0. The third kappa shape index (κ3) is 5.41. The summed E-state index contributed by atoms with van der Waals surface area (Å²) in [6.45, 7) is 7.86. The molecule has 2 aromatic carbocycles. The van der Waals surface area contributed by atoms with E-state index in [1.54, 1.807) is 0 Å². The Balaban J connectivity index is 1.59. The van der Waals surface area contributed by atoms with Crippen molar-refractivity contribution in [1.29, 1.82) is 5.26 Å². The van der Waals surface area contributed by atoms with Gasteiger partial charge in [0.15, 0.2) is 0 Å². The molecule has 1 aliphatic heterocycles. The van der Waals surface area contributed by atoms with E-state index >= 15 is 0 Å². The second-order valence-electron chi connectivity index (χ2n) is 10.2. The lowest BCUT2D eigenvalue weighted by Gasteiger charge is -2.40. The number of fused-ring (bicyclic) bond motifs is 1. The maximum Gasteiger partial charge on any atom is 0.346 e. The number of benzene rings is 2. The van der Waals surface area contributed by atoms with E-state index in [-0.39, 0.29) is 11.0 Å². The van der Waals surface area contributed by atoms with Gasteiger partial charge < -0.3 is 10.0 Å². The molecule has 35 heavy (non-hydrogen) atoms. The van der Waals surface area contributed by atoms with E-state index in [1.165, 1.54) is 35.3 Å². The Kier molecular flexibility index (Phi) is 7.26. The Bertz CT molecular complexity index is 1240. The van der Waals surface area contributed by atoms with Gasteiger partial charge in [0.25, 0.3) is 0 Å². The predicted octanol–water partition coefficient (Wildman–Crippen LogP) is 7.49. The number of anilines is 2. The zero-order chi connectivity index (χ0) is 25.0. The molecule has 4 nitrogen and oxygen atoms in total. The van der Waals surface area contributed by atoms with E-state index in [9.17, 15) is 9.90 Å². The molecule has 0 amide bonds. The summed E-state index contributed by atoms with van der Waals surface area (Å²) in [5.41, 5.74) is 7.99. The van der Waals surface area contributed by atoms with Gasteiger partial charge in [0, 0.05) is 17.9 Å². The van der Waals surface area contributed by atoms with E-state index in [0.29, 0.717) is 12.0 Å². The molecule has 0 bridgehead atoms. The molecule has 0 unspecified atom stereocenters. The van der Waals surface area contributed by atoms with Gasteiger partial charge in [-0.15, -0.1) is 0 Å². The van der Waals surface area contributed by atoms with Crippen molar-refractivity contribution in [2.24, 2.45) is 0 Å². The van der Waals surface area contributed by atoms with Crippen LogP contribution in [0.25, 0.3) is 6.08 Å². The van der Waals surface area contributed by atoms with Crippen LogP contribution in [-0.4, -0.2) is 17.6 Å². The number of carboxylic acid groups (broad SMARTS) is 1. The van der Waals surface area contributed by atoms with E-state index in [0.717, 1.165) is 36.9 Å². The summed E-state index contributed by atoms with van der Waals surface area (Å²) in [4.78, 5) is 13.7. The minimum absolute atomic E-state index is 0.0858. The third-order valence-electron chi connectivity index (χ3n) is 7.25. The zero-order valence-corrected chi connectivity index (χ0v) is 21.0. The molecule has 0 fully saturated rings. The quantitative estimate of drug-likeness (QED) is 0.339. The van der Waals surface area contributed by atoms with E-state index in [2.05, 4.69) is 74.2 Å². The lowest BCUT2D eigenvalue weighted by molar-refractivity contribution is -0.132. The Hall–Kier alpha value is -3.58. The van der Waals surface area contributed by atoms with Gasteiger partial charge in [-0.3, -0.25) is 0 Å². The van der Waals surface area contributed by atoms with E-state index in [4.69, 9.17) is 5.26 Å². The molecule has 0 spiro atoms. The molecule has 0 radical (unpaired) electrons. The molecular weight excluding hydrogens is 432 g/mol. The Morgan fingerprint density at radius 2 is 1.91 bits per heavy atom. The van der Waals surface area contributed by atoms with Gasteiger partial charge in [-0.2, -0.15) is 5.26 Å². The highest BCUT2D eigenvalue weighted by Gasteiger charge is 2.31. The van der Waals surface area contributed by atoms with Crippen molar-refractivity contribution in [3.05, 3.63) is 88.0 Å². The van der Waals surface area contributed by atoms with Gasteiger partial charge in [-0.1, -0.05) is 63.6 Å². The van der Waals surface area contributed by atoms with Crippen LogP contribution in [0.3, 0.4) is 0 Å². The predicted molar refractivity (Wildman–Crippen MR) is 143 cm³/mol. The molecule has 1 heterocycles.